The number of carbonyl (C=O) groups is 2. The van der Waals surface area contributed by atoms with Crippen molar-refractivity contribution in [3.63, 3.8) is 0 Å². The summed E-state index contributed by atoms with van der Waals surface area (Å²) < 4.78 is 19.1. The second kappa shape index (κ2) is 12.7. The molecule has 7 heteroatoms. The van der Waals surface area contributed by atoms with Crippen LogP contribution in [-0.2, 0) is 22.7 Å². The lowest BCUT2D eigenvalue weighted by atomic mass is 9.84. The Hall–Kier alpha value is -3.74. The van der Waals surface area contributed by atoms with Gasteiger partial charge in [0, 0.05) is 19.5 Å². The summed E-state index contributed by atoms with van der Waals surface area (Å²) >= 11 is 0. The maximum atomic E-state index is 13.6. The minimum atomic E-state index is -0.381. The van der Waals surface area contributed by atoms with Crippen LogP contribution in [0, 0.1) is 17.2 Å². The Kier molecular flexibility index (Phi) is 9.61. The third-order valence-corrected chi connectivity index (χ3v) is 6.26. The molecule has 2 aromatic carbocycles. The van der Waals surface area contributed by atoms with Gasteiger partial charge in [-0.2, -0.15) is 0 Å². The highest BCUT2D eigenvalue weighted by atomic mass is 19.1. The summed E-state index contributed by atoms with van der Waals surface area (Å²) in [4.78, 5) is 42.8. The van der Waals surface area contributed by atoms with Gasteiger partial charge >= 0.3 is 0 Å². The van der Waals surface area contributed by atoms with Crippen LogP contribution in [0.3, 0.4) is 0 Å². The second-order valence-electron chi connectivity index (χ2n) is 11.1. The lowest BCUT2D eigenvalue weighted by Gasteiger charge is -2.29. The van der Waals surface area contributed by atoms with Gasteiger partial charge in [-0.1, -0.05) is 58.0 Å². The van der Waals surface area contributed by atoms with Gasteiger partial charge in [-0.05, 0) is 47.6 Å². The minimum Gasteiger partial charge on any atom is -0.464 e. The Balaban J connectivity index is 1.84. The highest BCUT2D eigenvalue weighted by Gasteiger charge is 2.25. The number of carbonyl (C=O) groups excluding carboxylic acids is 2. The molecule has 6 nitrogen and oxygen atoms in total. The Labute approximate surface area is 223 Å². The van der Waals surface area contributed by atoms with Crippen LogP contribution < -0.4 is 5.43 Å². The predicted molar refractivity (Wildman–Crippen MR) is 148 cm³/mol. The van der Waals surface area contributed by atoms with Crippen LogP contribution >= 0.6 is 0 Å². The molecule has 2 amide bonds. The van der Waals surface area contributed by atoms with Crippen LogP contribution in [0.5, 0.6) is 0 Å². The summed E-state index contributed by atoms with van der Waals surface area (Å²) in [6.07, 6.45) is 4.17. The zero-order chi connectivity index (χ0) is 27.9. The smallest absolute Gasteiger partial charge is 0.242 e. The topological polar surface area (TPSA) is 70.8 Å². The summed E-state index contributed by atoms with van der Waals surface area (Å²) in [6, 6.07) is 12.8. The lowest BCUT2D eigenvalue weighted by Crippen LogP contribution is -2.43. The fraction of sp³-hybridized carbons (Fsp3) is 0.387. The van der Waals surface area contributed by atoms with E-state index >= 15 is 0 Å². The molecule has 0 aliphatic carbocycles. The fourth-order valence-electron chi connectivity index (χ4n) is 4.69. The molecule has 1 unspecified atom stereocenters. The van der Waals surface area contributed by atoms with Crippen molar-refractivity contribution in [3.8, 4) is 0 Å². The van der Waals surface area contributed by atoms with E-state index in [0.29, 0.717) is 28.5 Å². The third kappa shape index (κ3) is 8.13. The molecule has 0 aliphatic heterocycles. The van der Waals surface area contributed by atoms with E-state index in [2.05, 4.69) is 27.4 Å². The number of rotatable bonds is 11. The summed E-state index contributed by atoms with van der Waals surface area (Å²) in [5.41, 5.74) is 1.35. The van der Waals surface area contributed by atoms with Gasteiger partial charge in [0.25, 0.3) is 0 Å². The highest BCUT2D eigenvalue weighted by Crippen LogP contribution is 2.26. The van der Waals surface area contributed by atoms with Gasteiger partial charge < -0.3 is 14.2 Å². The molecule has 1 atom stereocenters. The molecule has 0 saturated heterocycles. The number of fused-ring (bicyclic) bond motifs is 1. The monoisotopic (exact) mass is 520 g/mol. The van der Waals surface area contributed by atoms with Crippen molar-refractivity contribution in [2.24, 2.45) is 11.3 Å². The lowest BCUT2D eigenvalue weighted by molar-refractivity contribution is -0.141. The van der Waals surface area contributed by atoms with Gasteiger partial charge in [0.1, 0.15) is 17.9 Å². The maximum Gasteiger partial charge on any atom is 0.242 e. The van der Waals surface area contributed by atoms with Crippen molar-refractivity contribution in [1.29, 1.82) is 0 Å². The maximum absolute atomic E-state index is 13.6. The van der Waals surface area contributed by atoms with Crippen LogP contribution in [0.1, 0.15) is 51.7 Å². The number of hydrogen-bond donors (Lipinski definition) is 0. The normalized spacial score (nSPS) is 12.2. The second-order valence-corrected chi connectivity index (χ2v) is 11.1. The Bertz CT molecular complexity index is 1320. The average Bonchev–Trinajstić information content (AvgIpc) is 2.85. The minimum absolute atomic E-state index is 0.0140. The first-order valence-electron chi connectivity index (χ1n) is 12.9. The number of para-hydroxylation sites is 1. The zero-order valence-corrected chi connectivity index (χ0v) is 22.7. The quantitative estimate of drug-likeness (QED) is 0.294. The van der Waals surface area contributed by atoms with E-state index in [-0.39, 0.29) is 60.6 Å². The molecule has 0 spiro atoms. The molecular formula is C31H37FN2O4. The molecule has 0 radical (unpaired) electrons. The molecule has 0 aliphatic rings. The molecular weight excluding hydrogens is 483 g/mol. The Morgan fingerprint density at radius 2 is 1.71 bits per heavy atom. The number of hydrogen-bond acceptors (Lipinski definition) is 4. The molecule has 3 rings (SSSR count). The zero-order valence-electron chi connectivity index (χ0n) is 22.7. The first kappa shape index (κ1) is 28.8. The number of benzene rings is 2. The molecule has 1 aromatic heterocycles. The van der Waals surface area contributed by atoms with E-state index in [0.717, 1.165) is 6.42 Å². The van der Waals surface area contributed by atoms with Crippen molar-refractivity contribution >= 4 is 22.8 Å². The number of amides is 2. The number of halogens is 1. The van der Waals surface area contributed by atoms with Crippen molar-refractivity contribution in [2.45, 2.75) is 53.6 Å². The van der Waals surface area contributed by atoms with Gasteiger partial charge in [0.05, 0.1) is 23.8 Å². The van der Waals surface area contributed by atoms with Crippen molar-refractivity contribution < 1.29 is 18.4 Å². The predicted octanol–water partition coefficient (Wildman–Crippen LogP) is 5.94. The molecule has 0 bridgehead atoms. The van der Waals surface area contributed by atoms with Crippen LogP contribution in [0.4, 0.5) is 4.39 Å². The van der Waals surface area contributed by atoms with E-state index in [1.54, 1.807) is 42.5 Å². The van der Waals surface area contributed by atoms with Crippen LogP contribution in [0.25, 0.3) is 11.0 Å². The molecule has 38 heavy (non-hydrogen) atoms. The van der Waals surface area contributed by atoms with Crippen molar-refractivity contribution in [1.82, 2.24) is 9.80 Å². The summed E-state index contributed by atoms with van der Waals surface area (Å²) in [5.74, 6) is -0.682. The van der Waals surface area contributed by atoms with Gasteiger partial charge in [0.15, 0.2) is 5.43 Å². The standard InChI is InChI=1S/C31H37FN2O4/c1-6-15-33(28(35)16-22(2)17-31(3,4)5)20-29(36)34(18-23-11-13-25(32)14-12-23)19-24-21-38-27-10-8-7-9-26(27)30(24)37/h6-14,21-22H,1,15-20H2,2-5H3. The summed E-state index contributed by atoms with van der Waals surface area (Å²) in [5, 5.41) is 0.426. The fourth-order valence-corrected chi connectivity index (χ4v) is 4.69. The van der Waals surface area contributed by atoms with Crippen molar-refractivity contribution in [3.05, 3.63) is 94.6 Å². The molecule has 1 heterocycles. The Morgan fingerprint density at radius 3 is 2.37 bits per heavy atom. The van der Waals surface area contributed by atoms with Crippen LogP contribution in [-0.4, -0.2) is 34.7 Å². The van der Waals surface area contributed by atoms with Gasteiger partial charge in [-0.15, -0.1) is 6.58 Å². The van der Waals surface area contributed by atoms with Crippen LogP contribution in [0.2, 0.25) is 0 Å². The van der Waals surface area contributed by atoms with E-state index in [1.807, 2.05) is 6.92 Å². The van der Waals surface area contributed by atoms with E-state index in [1.165, 1.54) is 28.2 Å². The molecule has 3 aromatic rings. The Morgan fingerprint density at radius 1 is 1.03 bits per heavy atom. The van der Waals surface area contributed by atoms with E-state index in [4.69, 9.17) is 4.42 Å². The van der Waals surface area contributed by atoms with E-state index in [9.17, 15) is 18.8 Å². The van der Waals surface area contributed by atoms with Crippen LogP contribution in [0.15, 0.2) is 76.7 Å². The average molecular weight is 521 g/mol. The van der Waals surface area contributed by atoms with Crippen molar-refractivity contribution in [2.75, 3.05) is 13.1 Å². The van der Waals surface area contributed by atoms with E-state index < -0.39 is 0 Å². The summed E-state index contributed by atoms with van der Waals surface area (Å²) in [6.45, 7) is 12.4. The number of nitrogens with zero attached hydrogens (tertiary/aromatic N) is 2. The molecule has 0 N–H and O–H groups in total. The largest absolute Gasteiger partial charge is 0.464 e. The third-order valence-electron chi connectivity index (χ3n) is 6.26. The molecule has 202 valence electrons. The molecule has 0 fully saturated rings. The molecule has 0 saturated carbocycles. The first-order chi connectivity index (χ1) is 18.0. The first-order valence-corrected chi connectivity index (χ1v) is 12.9. The van der Waals surface area contributed by atoms with Gasteiger partial charge in [-0.3, -0.25) is 14.4 Å². The SMILES string of the molecule is C=CCN(CC(=O)N(Cc1ccc(F)cc1)Cc1coc2ccccc2c1=O)C(=O)CC(C)CC(C)(C)C. The van der Waals surface area contributed by atoms with Gasteiger partial charge in [0.2, 0.25) is 11.8 Å². The van der Waals surface area contributed by atoms with Gasteiger partial charge in [-0.25, -0.2) is 4.39 Å². The summed E-state index contributed by atoms with van der Waals surface area (Å²) in [7, 11) is 0. The highest BCUT2D eigenvalue weighted by molar-refractivity contribution is 5.85.